The summed E-state index contributed by atoms with van der Waals surface area (Å²) in [5.41, 5.74) is 0.314. The van der Waals surface area contributed by atoms with E-state index in [1.54, 1.807) is 12.1 Å². The summed E-state index contributed by atoms with van der Waals surface area (Å²) in [6.07, 6.45) is 0.800. The van der Waals surface area contributed by atoms with Gasteiger partial charge in [0.05, 0.1) is 21.9 Å². The van der Waals surface area contributed by atoms with E-state index < -0.39 is 41.4 Å². The third kappa shape index (κ3) is 5.75. The van der Waals surface area contributed by atoms with Crippen molar-refractivity contribution in [3.05, 3.63) is 68.7 Å². The van der Waals surface area contributed by atoms with Gasteiger partial charge in [0.1, 0.15) is 6.04 Å². The Hall–Kier alpha value is -1.16. The molecule has 0 N–H and O–H groups in total. The molecule has 1 saturated heterocycles. The fourth-order valence-corrected chi connectivity index (χ4v) is 6.57. The number of ketones is 1. The molecule has 4 rings (SSSR count). The Morgan fingerprint density at radius 1 is 0.892 bits per heavy atom. The van der Waals surface area contributed by atoms with Gasteiger partial charge in [0.25, 0.3) is 17.7 Å². The molecule has 0 spiro atoms. The number of rotatable bonds is 7. The number of amides is 3. The van der Waals surface area contributed by atoms with Crippen LogP contribution in [0.5, 0.6) is 0 Å². The first-order valence-corrected chi connectivity index (χ1v) is 14.8. The highest BCUT2D eigenvalue weighted by Crippen LogP contribution is 2.44. The van der Waals surface area contributed by atoms with Gasteiger partial charge in [-0.3, -0.25) is 19.2 Å². The van der Waals surface area contributed by atoms with Crippen molar-refractivity contribution in [2.45, 2.75) is 35.0 Å². The summed E-state index contributed by atoms with van der Waals surface area (Å²) < 4.78 is 0. The fraction of sp³-hybridized carbons (Fsp3) is 0.360. The summed E-state index contributed by atoms with van der Waals surface area (Å²) in [6.45, 7) is 0. The molecule has 2 aromatic carbocycles. The van der Waals surface area contributed by atoms with Crippen LogP contribution < -0.4 is 0 Å². The van der Waals surface area contributed by atoms with Crippen LogP contribution in [0.2, 0.25) is 15.1 Å². The molecule has 2 aromatic rings. The fourth-order valence-electron chi connectivity index (χ4n) is 4.70. The van der Waals surface area contributed by atoms with Gasteiger partial charge in [-0.1, -0.05) is 66.7 Å². The van der Waals surface area contributed by atoms with E-state index in [1.807, 2.05) is 0 Å². The minimum atomic E-state index is -1.24. The van der Waals surface area contributed by atoms with Crippen molar-refractivity contribution < 1.29 is 19.2 Å². The lowest BCUT2D eigenvalue weighted by molar-refractivity contribution is -0.156. The van der Waals surface area contributed by atoms with Crippen LogP contribution in [0.1, 0.15) is 40.0 Å². The molecule has 0 aromatic heterocycles. The first-order valence-electron chi connectivity index (χ1n) is 11.3. The zero-order chi connectivity index (χ0) is 27.0. The molecule has 6 nitrogen and oxygen atoms in total. The number of imide groups is 1. The van der Waals surface area contributed by atoms with Gasteiger partial charge in [0, 0.05) is 31.7 Å². The highest BCUT2D eigenvalue weighted by molar-refractivity contribution is 9.12. The number of hydrogen-bond acceptors (Lipinski definition) is 4. The van der Waals surface area contributed by atoms with Crippen molar-refractivity contribution in [2.75, 3.05) is 5.88 Å². The zero-order valence-electron chi connectivity index (χ0n) is 19.1. The lowest BCUT2D eigenvalue weighted by Gasteiger charge is -2.36. The standard InChI is InChI=1S/C25H20Br2Cl4N2O4/c26-17-10-15-16(11-18(17)27)25(37)33(24(15)36)32(23(35)13-3-6-19(30)20(31)9-13)21(7-8-28)22(34)12-1-4-14(29)5-2-12/h1-6,9,15-18,21H,7-8,10-11H2/t15-,16+,17-,18-,21-/m0/s1. The predicted molar refractivity (Wildman–Crippen MR) is 151 cm³/mol. The van der Waals surface area contributed by atoms with E-state index in [4.69, 9.17) is 46.4 Å². The molecule has 1 heterocycles. The molecule has 12 heteroatoms. The van der Waals surface area contributed by atoms with Crippen LogP contribution in [0.4, 0.5) is 0 Å². The van der Waals surface area contributed by atoms with E-state index in [0.29, 0.717) is 17.9 Å². The van der Waals surface area contributed by atoms with Gasteiger partial charge in [-0.05, 0) is 61.7 Å². The molecule has 1 aliphatic heterocycles. The smallest absolute Gasteiger partial charge is 0.273 e. The average molecular weight is 714 g/mol. The van der Waals surface area contributed by atoms with Gasteiger partial charge < -0.3 is 0 Å². The van der Waals surface area contributed by atoms with Crippen molar-refractivity contribution in [3.8, 4) is 0 Å². The maximum atomic E-state index is 14.0. The van der Waals surface area contributed by atoms with E-state index in [2.05, 4.69) is 31.9 Å². The molecule has 1 aliphatic carbocycles. The van der Waals surface area contributed by atoms with Crippen molar-refractivity contribution in [1.82, 2.24) is 10.0 Å². The number of nitrogens with zero attached hydrogens (tertiary/aromatic N) is 2. The van der Waals surface area contributed by atoms with Crippen LogP contribution >= 0.6 is 78.3 Å². The number of carbonyl (C=O) groups is 4. The van der Waals surface area contributed by atoms with Gasteiger partial charge in [-0.25, -0.2) is 5.01 Å². The molecule has 3 amide bonds. The Bertz CT molecular complexity index is 1220. The summed E-state index contributed by atoms with van der Waals surface area (Å²) in [5.74, 6) is -3.56. The van der Waals surface area contributed by atoms with Crippen molar-refractivity contribution in [3.63, 3.8) is 0 Å². The maximum Gasteiger partial charge on any atom is 0.273 e. The number of benzene rings is 2. The maximum absolute atomic E-state index is 14.0. The topological polar surface area (TPSA) is 74.8 Å². The van der Waals surface area contributed by atoms with Crippen LogP contribution in [-0.2, 0) is 9.59 Å². The molecule has 5 atom stereocenters. The number of alkyl halides is 3. The molecule has 0 unspecified atom stereocenters. The van der Waals surface area contributed by atoms with Gasteiger partial charge in [0.2, 0.25) is 0 Å². The van der Waals surface area contributed by atoms with Gasteiger partial charge >= 0.3 is 0 Å². The summed E-state index contributed by atoms with van der Waals surface area (Å²) in [5, 5.41) is 2.56. The number of carbonyl (C=O) groups excluding carboxylic acids is 4. The molecule has 2 aliphatic rings. The largest absolute Gasteiger partial charge is 0.292 e. The highest BCUT2D eigenvalue weighted by atomic mass is 79.9. The summed E-state index contributed by atoms with van der Waals surface area (Å²) in [6, 6.07) is 9.09. The van der Waals surface area contributed by atoms with E-state index in [-0.39, 0.29) is 43.1 Å². The van der Waals surface area contributed by atoms with E-state index >= 15 is 0 Å². The first-order chi connectivity index (χ1) is 17.5. The summed E-state index contributed by atoms with van der Waals surface area (Å²) >= 11 is 31.4. The number of Topliss-reactive ketones (excluding diaryl/α,β-unsaturated/α-hetero) is 1. The molecule has 0 bridgehead atoms. The quantitative estimate of drug-likeness (QED) is 0.180. The van der Waals surface area contributed by atoms with Crippen LogP contribution in [0.3, 0.4) is 0 Å². The predicted octanol–water partition coefficient (Wildman–Crippen LogP) is 6.81. The van der Waals surface area contributed by atoms with Gasteiger partial charge in [-0.2, -0.15) is 5.01 Å². The lowest BCUT2D eigenvalue weighted by Crippen LogP contribution is -2.57. The minimum absolute atomic E-state index is 0.00875. The van der Waals surface area contributed by atoms with E-state index in [1.165, 1.54) is 30.3 Å². The highest BCUT2D eigenvalue weighted by Gasteiger charge is 2.56. The molecule has 37 heavy (non-hydrogen) atoms. The van der Waals surface area contributed by atoms with E-state index in [0.717, 1.165) is 10.0 Å². The van der Waals surface area contributed by atoms with E-state index in [9.17, 15) is 19.2 Å². The van der Waals surface area contributed by atoms with Crippen LogP contribution in [0.15, 0.2) is 42.5 Å². The Morgan fingerprint density at radius 3 is 1.95 bits per heavy atom. The van der Waals surface area contributed by atoms with Crippen LogP contribution in [0, 0.1) is 11.8 Å². The van der Waals surface area contributed by atoms with Crippen molar-refractivity contribution >= 4 is 102 Å². The molecule has 196 valence electrons. The number of halogens is 6. The average Bonchev–Trinajstić information content (AvgIpc) is 3.10. The molecular weight excluding hydrogens is 694 g/mol. The molecule has 2 fully saturated rings. The van der Waals surface area contributed by atoms with Crippen LogP contribution in [-0.4, -0.2) is 55.1 Å². The molecular formula is C25H20Br2Cl4N2O4. The normalized spacial score (nSPS) is 24.1. The first kappa shape index (κ1) is 28.8. The Morgan fingerprint density at radius 2 is 1.43 bits per heavy atom. The number of hydrogen-bond donors (Lipinski definition) is 0. The lowest BCUT2D eigenvalue weighted by atomic mass is 9.81. The zero-order valence-corrected chi connectivity index (χ0v) is 25.2. The molecule has 0 radical (unpaired) electrons. The Balaban J connectivity index is 1.82. The number of hydrazine groups is 1. The molecule has 1 saturated carbocycles. The second-order valence-electron chi connectivity index (χ2n) is 8.85. The van der Waals surface area contributed by atoms with Crippen molar-refractivity contribution in [1.29, 1.82) is 0 Å². The van der Waals surface area contributed by atoms with Gasteiger partial charge in [-0.15, -0.1) is 11.6 Å². The second-order valence-corrected chi connectivity index (χ2v) is 12.8. The third-order valence-corrected chi connectivity index (χ3v) is 10.5. The summed E-state index contributed by atoms with van der Waals surface area (Å²) in [7, 11) is 0. The third-order valence-electron chi connectivity index (χ3n) is 6.59. The van der Waals surface area contributed by atoms with Crippen LogP contribution in [0.25, 0.3) is 0 Å². The monoisotopic (exact) mass is 710 g/mol. The number of fused-ring (bicyclic) bond motifs is 1. The Labute approximate surface area is 250 Å². The SMILES string of the molecule is O=C(c1ccc(Cl)cc1)[C@H](CCCl)N(C(=O)c1ccc(Cl)c(Cl)c1)N1C(=O)[C@H]2C[C@H](Br)[C@@H](Br)C[C@H]2C1=O. The second kappa shape index (κ2) is 11.9. The Kier molecular flexibility index (Phi) is 9.29. The summed E-state index contributed by atoms with van der Waals surface area (Å²) in [4.78, 5) is 55.0. The van der Waals surface area contributed by atoms with Crippen molar-refractivity contribution in [2.24, 2.45) is 11.8 Å². The van der Waals surface area contributed by atoms with Gasteiger partial charge in [0.15, 0.2) is 5.78 Å². The minimum Gasteiger partial charge on any atom is -0.292 e.